The second-order valence-electron chi connectivity index (χ2n) is 14.0. The first-order valence-electron chi connectivity index (χ1n) is 18.8. The van der Waals surface area contributed by atoms with Crippen molar-refractivity contribution in [3.8, 4) is 62.1 Å². The maximum atomic E-state index is 6.27. The number of aromatic nitrogens is 4. The molecule has 0 aliphatic carbocycles. The van der Waals surface area contributed by atoms with Crippen LogP contribution in [-0.2, 0) is 0 Å². The Bertz CT molecular complexity index is 3250. The third-order valence-corrected chi connectivity index (χ3v) is 10.7. The van der Waals surface area contributed by atoms with Crippen molar-refractivity contribution >= 4 is 43.7 Å². The molecule has 0 amide bonds. The predicted octanol–water partition coefficient (Wildman–Crippen LogP) is 13.2. The highest BCUT2D eigenvalue weighted by Crippen LogP contribution is 2.40. The van der Waals surface area contributed by atoms with E-state index in [0.717, 1.165) is 88.3 Å². The minimum atomic E-state index is 0.554. The Labute approximate surface area is 322 Å². The normalized spacial score (nSPS) is 11.6. The summed E-state index contributed by atoms with van der Waals surface area (Å²) in [5.41, 5.74) is 12.2. The van der Waals surface area contributed by atoms with E-state index >= 15 is 0 Å². The molecule has 0 atom stereocenters. The number of furan rings is 1. The number of rotatable bonds is 6. The Kier molecular flexibility index (Phi) is 7.42. The van der Waals surface area contributed by atoms with Crippen LogP contribution in [0.2, 0.25) is 0 Å². The molecule has 0 radical (unpaired) electrons. The maximum Gasteiger partial charge on any atom is 0.238 e. The molecule has 0 aliphatic heterocycles. The highest BCUT2D eigenvalue weighted by Gasteiger charge is 2.21. The van der Waals surface area contributed by atoms with Gasteiger partial charge in [-0.3, -0.25) is 4.57 Å². The molecule has 0 bridgehead atoms. The van der Waals surface area contributed by atoms with Gasteiger partial charge in [0.15, 0.2) is 11.6 Å². The minimum absolute atomic E-state index is 0.554. The van der Waals surface area contributed by atoms with Crippen molar-refractivity contribution in [2.75, 3.05) is 0 Å². The largest absolute Gasteiger partial charge is 0.456 e. The van der Waals surface area contributed by atoms with Gasteiger partial charge in [0.2, 0.25) is 5.95 Å². The first kappa shape index (κ1) is 31.9. The molecule has 0 N–H and O–H groups in total. The van der Waals surface area contributed by atoms with Gasteiger partial charge in [0.1, 0.15) is 11.2 Å². The average Bonchev–Trinajstić information content (AvgIpc) is 3.83. The van der Waals surface area contributed by atoms with Gasteiger partial charge in [0.05, 0.1) is 11.0 Å². The Morgan fingerprint density at radius 2 is 0.893 bits per heavy atom. The summed E-state index contributed by atoms with van der Waals surface area (Å²) in [6.07, 6.45) is 0. The summed E-state index contributed by atoms with van der Waals surface area (Å²) in [4.78, 5) is 15.9. The highest BCUT2D eigenvalue weighted by molar-refractivity contribution is 6.14. The van der Waals surface area contributed by atoms with E-state index in [2.05, 4.69) is 174 Å². The van der Waals surface area contributed by atoms with E-state index in [1.165, 1.54) is 0 Å². The summed E-state index contributed by atoms with van der Waals surface area (Å²) in [6, 6.07) is 67.4. The molecule has 0 aliphatic rings. The van der Waals surface area contributed by atoms with Crippen molar-refractivity contribution in [1.82, 2.24) is 19.5 Å². The quantitative estimate of drug-likeness (QED) is 0.172. The SMILES string of the molecule is c1ccc(-c2cccc(-c3nc(-c4cccc(-c5cccc6oc7ccccc7c56)c4)nc(-n4c5ccccc5c5cccc(-c6ccccc6)c54)n3)c2)cc1. The first-order chi connectivity index (χ1) is 27.8. The lowest BCUT2D eigenvalue weighted by Gasteiger charge is -2.14. The van der Waals surface area contributed by atoms with Crippen LogP contribution in [0.3, 0.4) is 0 Å². The second-order valence-corrected chi connectivity index (χ2v) is 14.0. The number of nitrogens with zero attached hydrogens (tertiary/aromatic N) is 4. The molecule has 5 nitrogen and oxygen atoms in total. The number of hydrogen-bond acceptors (Lipinski definition) is 4. The molecule has 0 fully saturated rings. The topological polar surface area (TPSA) is 56.7 Å². The van der Waals surface area contributed by atoms with Crippen LogP contribution >= 0.6 is 0 Å². The van der Waals surface area contributed by atoms with Gasteiger partial charge in [-0.05, 0) is 58.1 Å². The number of benzene rings is 8. The third-order valence-electron chi connectivity index (χ3n) is 10.7. The monoisotopic (exact) mass is 716 g/mol. The molecule has 3 aromatic heterocycles. The smallest absolute Gasteiger partial charge is 0.238 e. The highest BCUT2D eigenvalue weighted by atomic mass is 16.3. The molecule has 11 rings (SSSR count). The maximum absolute atomic E-state index is 6.27. The number of para-hydroxylation sites is 3. The molecular weight excluding hydrogens is 685 g/mol. The van der Waals surface area contributed by atoms with Crippen molar-refractivity contribution in [2.24, 2.45) is 0 Å². The molecule has 0 saturated heterocycles. The second kappa shape index (κ2) is 13.0. The fourth-order valence-electron chi connectivity index (χ4n) is 8.11. The van der Waals surface area contributed by atoms with Crippen LogP contribution < -0.4 is 0 Å². The summed E-state index contributed by atoms with van der Waals surface area (Å²) in [7, 11) is 0. The minimum Gasteiger partial charge on any atom is -0.456 e. The van der Waals surface area contributed by atoms with E-state index in [9.17, 15) is 0 Å². The Balaban J connectivity index is 1.17. The fraction of sp³-hybridized carbons (Fsp3) is 0. The average molecular weight is 717 g/mol. The third kappa shape index (κ3) is 5.29. The summed E-state index contributed by atoms with van der Waals surface area (Å²) >= 11 is 0. The van der Waals surface area contributed by atoms with Gasteiger partial charge in [0, 0.05) is 38.2 Å². The van der Waals surface area contributed by atoms with Crippen molar-refractivity contribution in [3.05, 3.63) is 194 Å². The van der Waals surface area contributed by atoms with Gasteiger partial charge in [-0.2, -0.15) is 9.97 Å². The van der Waals surface area contributed by atoms with Gasteiger partial charge < -0.3 is 4.42 Å². The molecule has 262 valence electrons. The molecule has 11 aromatic rings. The van der Waals surface area contributed by atoms with E-state index in [1.54, 1.807) is 0 Å². The van der Waals surface area contributed by atoms with E-state index in [0.29, 0.717) is 17.6 Å². The lowest BCUT2D eigenvalue weighted by atomic mass is 9.98. The first-order valence-corrected chi connectivity index (χ1v) is 18.8. The fourth-order valence-corrected chi connectivity index (χ4v) is 8.11. The van der Waals surface area contributed by atoms with E-state index in [1.807, 2.05) is 24.3 Å². The summed E-state index contributed by atoms with van der Waals surface area (Å²) in [6.45, 7) is 0. The molecule has 0 unspecified atom stereocenters. The van der Waals surface area contributed by atoms with Crippen LogP contribution in [-0.4, -0.2) is 19.5 Å². The summed E-state index contributed by atoms with van der Waals surface area (Å²) < 4.78 is 8.48. The standard InChI is InChI=1S/C51H32N4O/c1-3-15-33(16-4-1)35-19-11-21-37(31-35)49-52-50(38-22-12-20-36(32-38)39-25-14-30-46-47(39)43-24-8-10-29-45(43)56-46)54-51(53-49)55-44-28-9-7-23-41(44)42-27-13-26-40(48(42)55)34-17-5-2-6-18-34/h1-32H. The van der Waals surface area contributed by atoms with Crippen molar-refractivity contribution in [1.29, 1.82) is 0 Å². The van der Waals surface area contributed by atoms with Crippen molar-refractivity contribution in [2.45, 2.75) is 0 Å². The Hall–Kier alpha value is -7.63. The van der Waals surface area contributed by atoms with Crippen LogP contribution in [0.15, 0.2) is 199 Å². The van der Waals surface area contributed by atoms with Crippen molar-refractivity contribution < 1.29 is 4.42 Å². The van der Waals surface area contributed by atoms with Crippen LogP contribution in [0.1, 0.15) is 0 Å². The van der Waals surface area contributed by atoms with Gasteiger partial charge >= 0.3 is 0 Å². The zero-order valence-corrected chi connectivity index (χ0v) is 30.2. The zero-order valence-electron chi connectivity index (χ0n) is 30.2. The van der Waals surface area contributed by atoms with Crippen molar-refractivity contribution in [3.63, 3.8) is 0 Å². The van der Waals surface area contributed by atoms with Gasteiger partial charge in [-0.25, -0.2) is 4.98 Å². The molecule has 56 heavy (non-hydrogen) atoms. The lowest BCUT2D eigenvalue weighted by molar-refractivity contribution is 0.669. The summed E-state index contributed by atoms with van der Waals surface area (Å²) in [5.74, 6) is 1.74. The zero-order chi connectivity index (χ0) is 37.0. The lowest BCUT2D eigenvalue weighted by Crippen LogP contribution is -2.07. The van der Waals surface area contributed by atoms with Crippen LogP contribution in [0.4, 0.5) is 0 Å². The van der Waals surface area contributed by atoms with Gasteiger partial charge in [-0.1, -0.05) is 164 Å². The van der Waals surface area contributed by atoms with Crippen LogP contribution in [0.25, 0.3) is 106 Å². The Morgan fingerprint density at radius 3 is 1.68 bits per heavy atom. The summed E-state index contributed by atoms with van der Waals surface area (Å²) in [5, 5.41) is 4.46. The molecule has 0 saturated carbocycles. The van der Waals surface area contributed by atoms with E-state index in [4.69, 9.17) is 19.4 Å². The molecule has 5 heteroatoms. The molecule has 0 spiro atoms. The van der Waals surface area contributed by atoms with E-state index < -0.39 is 0 Å². The van der Waals surface area contributed by atoms with Gasteiger partial charge in [-0.15, -0.1) is 0 Å². The van der Waals surface area contributed by atoms with Gasteiger partial charge in [0.25, 0.3) is 0 Å². The predicted molar refractivity (Wildman–Crippen MR) is 229 cm³/mol. The molecular formula is C51H32N4O. The number of fused-ring (bicyclic) bond motifs is 6. The molecule has 3 heterocycles. The number of hydrogen-bond donors (Lipinski definition) is 0. The Morgan fingerprint density at radius 1 is 0.357 bits per heavy atom. The van der Waals surface area contributed by atoms with E-state index in [-0.39, 0.29) is 0 Å². The van der Waals surface area contributed by atoms with Crippen LogP contribution in [0, 0.1) is 0 Å². The molecule has 8 aromatic carbocycles. The van der Waals surface area contributed by atoms with Crippen LogP contribution in [0.5, 0.6) is 0 Å².